The van der Waals surface area contributed by atoms with E-state index in [1.807, 2.05) is 19.1 Å². The molecule has 2 aromatic heterocycles. The van der Waals surface area contributed by atoms with Gasteiger partial charge in [0.2, 0.25) is 0 Å². The van der Waals surface area contributed by atoms with Gasteiger partial charge in [-0.3, -0.25) is 13.9 Å². The van der Waals surface area contributed by atoms with Gasteiger partial charge >= 0.3 is 5.69 Å². The van der Waals surface area contributed by atoms with Crippen LogP contribution in [0.25, 0.3) is 0 Å². The highest BCUT2D eigenvalue weighted by atomic mass is 79.9. The van der Waals surface area contributed by atoms with Crippen molar-refractivity contribution in [1.82, 2.24) is 9.13 Å². The third kappa shape index (κ3) is 3.21. The SMILES string of the molecule is CCCn1c(N)c(NCc2ccc(Br)s2)c(=O)n(C)c1=O. The van der Waals surface area contributed by atoms with E-state index in [0.717, 1.165) is 19.7 Å². The molecule has 0 aliphatic carbocycles. The van der Waals surface area contributed by atoms with Gasteiger partial charge in [0.25, 0.3) is 5.56 Å². The van der Waals surface area contributed by atoms with Crippen LogP contribution in [0.4, 0.5) is 11.5 Å². The predicted octanol–water partition coefficient (Wildman–Crippen LogP) is 1.98. The average Bonchev–Trinajstić information content (AvgIpc) is 2.87. The highest BCUT2D eigenvalue weighted by Gasteiger charge is 2.14. The van der Waals surface area contributed by atoms with Gasteiger partial charge in [-0.15, -0.1) is 11.3 Å². The van der Waals surface area contributed by atoms with Crippen LogP contribution in [0.1, 0.15) is 18.2 Å². The van der Waals surface area contributed by atoms with Crippen LogP contribution in [0.15, 0.2) is 25.5 Å². The van der Waals surface area contributed by atoms with Crippen LogP contribution >= 0.6 is 27.3 Å². The van der Waals surface area contributed by atoms with Crippen LogP contribution in [-0.4, -0.2) is 9.13 Å². The zero-order valence-electron chi connectivity index (χ0n) is 11.9. The molecule has 21 heavy (non-hydrogen) atoms. The second-order valence-corrected chi connectivity index (χ2v) is 7.17. The zero-order chi connectivity index (χ0) is 15.6. The molecule has 2 rings (SSSR count). The molecule has 114 valence electrons. The molecule has 0 bridgehead atoms. The van der Waals surface area contributed by atoms with E-state index in [0.29, 0.717) is 13.1 Å². The number of thiophene rings is 1. The number of aromatic nitrogens is 2. The van der Waals surface area contributed by atoms with Gasteiger partial charge in [-0.25, -0.2) is 4.79 Å². The molecule has 0 aliphatic rings. The number of nitrogen functional groups attached to an aromatic ring is 1. The maximum atomic E-state index is 12.2. The van der Waals surface area contributed by atoms with Crippen molar-refractivity contribution in [3.05, 3.63) is 41.6 Å². The van der Waals surface area contributed by atoms with E-state index in [-0.39, 0.29) is 17.2 Å². The van der Waals surface area contributed by atoms with E-state index in [2.05, 4.69) is 21.2 Å². The molecule has 0 fully saturated rings. The van der Waals surface area contributed by atoms with Crippen molar-refractivity contribution in [3.63, 3.8) is 0 Å². The fourth-order valence-corrected chi connectivity index (χ4v) is 3.43. The summed E-state index contributed by atoms with van der Waals surface area (Å²) < 4.78 is 3.53. The second kappa shape index (κ2) is 6.48. The highest BCUT2D eigenvalue weighted by Crippen LogP contribution is 2.23. The van der Waals surface area contributed by atoms with E-state index in [1.54, 1.807) is 11.3 Å². The third-order valence-electron chi connectivity index (χ3n) is 3.10. The highest BCUT2D eigenvalue weighted by molar-refractivity contribution is 9.11. The molecule has 2 heterocycles. The molecule has 6 nitrogen and oxygen atoms in total. The lowest BCUT2D eigenvalue weighted by atomic mass is 10.3. The van der Waals surface area contributed by atoms with Gasteiger partial charge in [-0.05, 0) is 34.5 Å². The maximum absolute atomic E-state index is 12.2. The number of hydrogen-bond acceptors (Lipinski definition) is 5. The molecular weight excluding hydrogens is 356 g/mol. The van der Waals surface area contributed by atoms with Gasteiger partial charge in [0, 0.05) is 25.0 Å². The lowest BCUT2D eigenvalue weighted by Crippen LogP contribution is -2.40. The number of rotatable bonds is 5. The predicted molar refractivity (Wildman–Crippen MR) is 90.0 cm³/mol. The van der Waals surface area contributed by atoms with E-state index in [9.17, 15) is 9.59 Å². The fourth-order valence-electron chi connectivity index (χ4n) is 2.01. The molecule has 8 heteroatoms. The van der Waals surface area contributed by atoms with Crippen LogP contribution in [-0.2, 0) is 20.1 Å². The Morgan fingerprint density at radius 3 is 2.67 bits per heavy atom. The van der Waals surface area contributed by atoms with Crippen molar-refractivity contribution < 1.29 is 0 Å². The van der Waals surface area contributed by atoms with Crippen molar-refractivity contribution in [1.29, 1.82) is 0 Å². The first-order valence-electron chi connectivity index (χ1n) is 6.53. The van der Waals surface area contributed by atoms with Crippen molar-refractivity contribution in [2.45, 2.75) is 26.4 Å². The van der Waals surface area contributed by atoms with Crippen LogP contribution < -0.4 is 22.3 Å². The molecule has 0 aromatic carbocycles. The first-order chi connectivity index (χ1) is 9.95. The Bertz CT molecular complexity index is 763. The van der Waals surface area contributed by atoms with Crippen LogP contribution in [0.5, 0.6) is 0 Å². The quantitative estimate of drug-likeness (QED) is 0.840. The number of nitrogens with zero attached hydrogens (tertiary/aromatic N) is 2. The summed E-state index contributed by atoms with van der Waals surface area (Å²) in [7, 11) is 1.46. The molecule has 0 unspecified atom stereocenters. The van der Waals surface area contributed by atoms with E-state index >= 15 is 0 Å². The Morgan fingerprint density at radius 1 is 1.38 bits per heavy atom. The van der Waals surface area contributed by atoms with Crippen LogP contribution in [0.2, 0.25) is 0 Å². The van der Waals surface area contributed by atoms with E-state index in [1.165, 1.54) is 11.6 Å². The Kier molecular flexibility index (Phi) is 4.89. The minimum Gasteiger partial charge on any atom is -0.383 e. The number of anilines is 2. The number of hydrogen-bond donors (Lipinski definition) is 2. The number of halogens is 1. The van der Waals surface area contributed by atoms with Gasteiger partial charge in [0.15, 0.2) is 0 Å². The van der Waals surface area contributed by atoms with E-state index < -0.39 is 5.56 Å². The van der Waals surface area contributed by atoms with Crippen LogP contribution in [0.3, 0.4) is 0 Å². The lowest BCUT2D eigenvalue weighted by molar-refractivity contribution is 0.600. The summed E-state index contributed by atoms with van der Waals surface area (Å²) in [6.45, 7) is 2.92. The van der Waals surface area contributed by atoms with Gasteiger partial charge in [-0.1, -0.05) is 6.92 Å². The summed E-state index contributed by atoms with van der Waals surface area (Å²) in [6, 6.07) is 3.91. The zero-order valence-corrected chi connectivity index (χ0v) is 14.3. The summed E-state index contributed by atoms with van der Waals surface area (Å²) in [5, 5.41) is 3.05. The molecule has 0 saturated carbocycles. The molecule has 0 radical (unpaired) electrons. The Labute approximate surface area is 134 Å². The molecule has 0 saturated heterocycles. The van der Waals surface area contributed by atoms with Crippen molar-refractivity contribution in [2.24, 2.45) is 7.05 Å². The minimum atomic E-state index is -0.402. The lowest BCUT2D eigenvalue weighted by Gasteiger charge is -2.15. The standard InChI is InChI=1S/C13H17BrN4O2S/c1-3-6-18-11(15)10(12(19)17(2)13(18)20)16-7-8-4-5-9(14)21-8/h4-5,16H,3,6-7,15H2,1-2H3. The van der Waals surface area contributed by atoms with E-state index in [4.69, 9.17) is 5.73 Å². The Balaban J connectivity index is 2.38. The number of nitrogens with one attached hydrogen (secondary N) is 1. The number of nitrogens with two attached hydrogens (primary N) is 1. The molecule has 0 amide bonds. The van der Waals surface area contributed by atoms with Gasteiger partial charge in [-0.2, -0.15) is 0 Å². The fraction of sp³-hybridized carbons (Fsp3) is 0.385. The normalized spacial score (nSPS) is 10.8. The molecule has 0 spiro atoms. The summed E-state index contributed by atoms with van der Waals surface area (Å²) in [5.74, 6) is 0.195. The largest absolute Gasteiger partial charge is 0.383 e. The maximum Gasteiger partial charge on any atom is 0.332 e. The molecule has 3 N–H and O–H groups in total. The molecular formula is C13H17BrN4O2S. The first-order valence-corrected chi connectivity index (χ1v) is 8.14. The molecule has 0 aliphatic heterocycles. The summed E-state index contributed by atoms with van der Waals surface area (Å²) in [4.78, 5) is 25.3. The summed E-state index contributed by atoms with van der Waals surface area (Å²) >= 11 is 4.97. The summed E-state index contributed by atoms with van der Waals surface area (Å²) in [6.07, 6.45) is 0.764. The first kappa shape index (κ1) is 15.8. The monoisotopic (exact) mass is 372 g/mol. The smallest absolute Gasteiger partial charge is 0.332 e. The topological polar surface area (TPSA) is 82.0 Å². The minimum absolute atomic E-state index is 0.195. The summed E-state index contributed by atoms with van der Waals surface area (Å²) in [5.41, 5.74) is 5.48. The molecule has 2 aromatic rings. The third-order valence-corrected chi connectivity index (χ3v) is 4.72. The molecule has 0 atom stereocenters. The second-order valence-electron chi connectivity index (χ2n) is 4.62. The van der Waals surface area contributed by atoms with Gasteiger partial charge in [0.05, 0.1) is 3.79 Å². The van der Waals surface area contributed by atoms with Gasteiger partial charge < -0.3 is 11.1 Å². The van der Waals surface area contributed by atoms with Gasteiger partial charge in [0.1, 0.15) is 11.5 Å². The Hall–Kier alpha value is -1.54. The van der Waals surface area contributed by atoms with Crippen molar-refractivity contribution in [3.8, 4) is 0 Å². The van der Waals surface area contributed by atoms with Crippen molar-refractivity contribution in [2.75, 3.05) is 11.1 Å². The Morgan fingerprint density at radius 2 is 2.10 bits per heavy atom. The van der Waals surface area contributed by atoms with Crippen LogP contribution in [0, 0.1) is 0 Å². The van der Waals surface area contributed by atoms with Crippen molar-refractivity contribution >= 4 is 38.8 Å². The average molecular weight is 373 g/mol.